The van der Waals surface area contributed by atoms with Crippen LogP contribution in [0.5, 0.6) is 11.5 Å². The number of fused-ring (bicyclic) bond motifs is 12. The molecule has 9 aromatic carbocycles. The number of ether oxygens (including phenoxy) is 1. The minimum absolute atomic E-state index is 0. The second-order valence-electron chi connectivity index (χ2n) is 29.3. The van der Waals surface area contributed by atoms with Gasteiger partial charge in [-0.1, -0.05) is 249 Å². The van der Waals surface area contributed by atoms with Crippen molar-refractivity contribution in [2.75, 3.05) is 0 Å². The molecular formula is C81H76N4OPt-2. The van der Waals surface area contributed by atoms with Gasteiger partial charge >= 0.3 is 0 Å². The Morgan fingerprint density at radius 3 is 1.53 bits per heavy atom. The quantitative estimate of drug-likeness (QED) is 0.123. The summed E-state index contributed by atoms with van der Waals surface area (Å²) in [5.74, 6) is 1.99. The van der Waals surface area contributed by atoms with Crippen LogP contribution in [-0.4, -0.2) is 14.1 Å². The van der Waals surface area contributed by atoms with E-state index in [0.29, 0.717) is 11.5 Å². The van der Waals surface area contributed by atoms with Crippen LogP contribution < -0.4 is 9.30 Å². The third kappa shape index (κ3) is 9.19. The van der Waals surface area contributed by atoms with E-state index in [2.05, 4.69) is 294 Å². The summed E-state index contributed by atoms with van der Waals surface area (Å²) in [6.07, 6.45) is 6.01. The van der Waals surface area contributed by atoms with Crippen LogP contribution in [0.1, 0.15) is 154 Å². The first-order valence-corrected chi connectivity index (χ1v) is 30.6. The Morgan fingerprint density at radius 1 is 0.460 bits per heavy atom. The Hall–Kier alpha value is -8.11. The van der Waals surface area contributed by atoms with Gasteiger partial charge in [0.15, 0.2) is 0 Å². The van der Waals surface area contributed by atoms with Gasteiger partial charge in [0.1, 0.15) is 5.82 Å². The molecule has 6 heteroatoms. The fourth-order valence-corrected chi connectivity index (χ4v) is 13.9. The van der Waals surface area contributed by atoms with Gasteiger partial charge in [0.25, 0.3) is 6.33 Å². The topological polar surface area (TPSA) is 35.9 Å². The summed E-state index contributed by atoms with van der Waals surface area (Å²) in [4.78, 5) is 4.83. The molecule has 2 aliphatic rings. The molecule has 5 nitrogen and oxygen atoms in total. The number of hydrogen-bond donors (Lipinski definition) is 0. The van der Waals surface area contributed by atoms with E-state index >= 15 is 0 Å². The normalized spacial score (nSPS) is 13.7. The van der Waals surface area contributed by atoms with Gasteiger partial charge in [-0.3, -0.25) is 4.57 Å². The van der Waals surface area contributed by atoms with Crippen LogP contribution >= 0.6 is 0 Å². The Morgan fingerprint density at radius 2 is 0.977 bits per heavy atom. The van der Waals surface area contributed by atoms with Crippen LogP contribution in [0.4, 0.5) is 0 Å². The molecule has 0 bridgehead atoms. The molecule has 438 valence electrons. The summed E-state index contributed by atoms with van der Waals surface area (Å²) in [5.41, 5.74) is 23.1. The van der Waals surface area contributed by atoms with E-state index in [1.807, 2.05) is 30.5 Å². The number of para-hydroxylation sites is 2. The third-order valence-corrected chi connectivity index (χ3v) is 18.3. The number of nitrogens with zero attached hydrogens (tertiary/aromatic N) is 4. The summed E-state index contributed by atoms with van der Waals surface area (Å²) in [5, 5.41) is 2.21. The Labute approximate surface area is 529 Å². The molecule has 0 saturated carbocycles. The van der Waals surface area contributed by atoms with Crippen LogP contribution in [0.2, 0.25) is 0 Å². The first-order valence-electron chi connectivity index (χ1n) is 30.6. The number of aromatic nitrogens is 4. The zero-order chi connectivity index (χ0) is 60.2. The Kier molecular flexibility index (Phi) is 13.5. The van der Waals surface area contributed by atoms with Crippen LogP contribution in [0.15, 0.2) is 188 Å². The average Bonchev–Trinajstić information content (AvgIpc) is 1.53. The molecule has 0 saturated heterocycles. The van der Waals surface area contributed by atoms with Gasteiger partial charge in [-0.15, -0.1) is 35.2 Å². The van der Waals surface area contributed by atoms with Crippen molar-refractivity contribution in [2.45, 2.75) is 136 Å². The molecule has 3 aromatic heterocycles. The maximum absolute atomic E-state index is 7.19. The molecule has 0 amide bonds. The van der Waals surface area contributed by atoms with E-state index in [1.165, 1.54) is 55.6 Å². The summed E-state index contributed by atoms with van der Waals surface area (Å²) in [6.45, 7) is 35.6. The molecule has 1 aliphatic carbocycles. The first-order chi connectivity index (χ1) is 40.8. The van der Waals surface area contributed by atoms with Crippen molar-refractivity contribution in [1.82, 2.24) is 14.1 Å². The smallest absolute Gasteiger partial charge is 0.268 e. The van der Waals surface area contributed by atoms with Crippen molar-refractivity contribution < 1.29 is 30.4 Å². The molecule has 14 rings (SSSR count). The SMILES string of the molecule is CC(C)(C)c1cc(-c2ccccc2)c(-[n+]2[c-]n3c4c(cccc42)C2(c4ccc(Oc5[c-]c6c(cc5)c5ccccc5n6-c5ccccn5)[c-]c4-3)c3c(cc(C(C)(C)C)cc3C(C)(C)C)-c3cc(C(C)(C)C)cc(C(C)(C)C)c32)c(-c2ccccc2)c1.[Pt]. The van der Waals surface area contributed by atoms with Crippen molar-refractivity contribution in [3.8, 4) is 62.1 Å². The second-order valence-corrected chi connectivity index (χ2v) is 29.3. The number of imidazole rings is 1. The van der Waals surface area contributed by atoms with Crippen LogP contribution in [0, 0.1) is 18.5 Å². The van der Waals surface area contributed by atoms with Crippen LogP contribution in [0.3, 0.4) is 0 Å². The van der Waals surface area contributed by atoms with Gasteiger partial charge in [-0.25, -0.2) is 4.98 Å². The van der Waals surface area contributed by atoms with Gasteiger partial charge in [-0.05, 0) is 134 Å². The zero-order valence-electron chi connectivity index (χ0n) is 52.9. The van der Waals surface area contributed by atoms with Gasteiger partial charge in [0.05, 0.1) is 16.7 Å². The van der Waals surface area contributed by atoms with E-state index in [0.717, 1.165) is 77.8 Å². The molecule has 0 N–H and O–H groups in total. The van der Waals surface area contributed by atoms with E-state index in [1.54, 1.807) is 0 Å². The fraction of sp³-hybridized carbons (Fsp3) is 0.259. The van der Waals surface area contributed by atoms with Crippen molar-refractivity contribution in [1.29, 1.82) is 0 Å². The van der Waals surface area contributed by atoms with Crippen molar-refractivity contribution in [3.05, 3.63) is 257 Å². The molecule has 87 heavy (non-hydrogen) atoms. The summed E-state index contributed by atoms with van der Waals surface area (Å²) < 4.78 is 14.1. The Bertz CT molecular complexity index is 4580. The van der Waals surface area contributed by atoms with E-state index in [9.17, 15) is 0 Å². The van der Waals surface area contributed by atoms with Crippen LogP contribution in [0.25, 0.3) is 83.4 Å². The number of benzene rings is 9. The van der Waals surface area contributed by atoms with Gasteiger partial charge in [0.2, 0.25) is 0 Å². The summed E-state index contributed by atoms with van der Waals surface area (Å²) in [6, 6.07) is 75.1. The minimum Gasteiger partial charge on any atom is -0.510 e. The molecule has 0 fully saturated rings. The average molecular weight is 1320 g/mol. The monoisotopic (exact) mass is 1320 g/mol. The molecule has 0 radical (unpaired) electrons. The fourth-order valence-electron chi connectivity index (χ4n) is 13.9. The maximum Gasteiger partial charge on any atom is 0.268 e. The summed E-state index contributed by atoms with van der Waals surface area (Å²) >= 11 is 0. The van der Waals surface area contributed by atoms with Crippen molar-refractivity contribution in [3.63, 3.8) is 0 Å². The number of pyridine rings is 1. The van der Waals surface area contributed by atoms with Crippen molar-refractivity contribution in [2.24, 2.45) is 0 Å². The third-order valence-electron chi connectivity index (χ3n) is 18.3. The molecule has 1 spiro atoms. The van der Waals surface area contributed by atoms with Gasteiger partial charge < -0.3 is 13.9 Å². The second kappa shape index (κ2) is 20.2. The molecule has 1 aliphatic heterocycles. The predicted octanol–water partition coefficient (Wildman–Crippen LogP) is 20.1. The number of hydrogen-bond acceptors (Lipinski definition) is 2. The van der Waals surface area contributed by atoms with Crippen molar-refractivity contribution >= 4 is 32.8 Å². The first kappa shape index (κ1) is 57.9. The van der Waals surface area contributed by atoms with Gasteiger partial charge in [-0.2, -0.15) is 12.1 Å². The molecular weight excluding hydrogens is 1240 g/mol. The molecule has 0 atom stereocenters. The van der Waals surface area contributed by atoms with E-state index in [-0.39, 0.29) is 48.1 Å². The standard InChI is InChI=1S/C81H76N4O.Pt/c1-76(2,3)52-41-59(50-27-18-16-19-28-50)74(60(42-52)51-29-20-17-21-30-51)83-49-84-70-48-56(86-55-36-38-58-57-31-22-23-33-67(57)85(69(58)47-55)71-35-24-25-40-82-71)37-39-63(70)81(64-32-26-34-68(83)75(64)84)72-61(43-53(77(4,5)6)45-65(72)79(10,11)12)62-44-54(78(7,8)9)46-66(73(62)81)80(13,14)15;/h16-46H,1-15H3;/q-2;. The molecule has 12 aromatic rings. The molecule has 0 unspecified atom stereocenters. The van der Waals surface area contributed by atoms with Gasteiger partial charge in [0, 0.05) is 49.7 Å². The summed E-state index contributed by atoms with van der Waals surface area (Å²) in [7, 11) is 0. The zero-order valence-corrected chi connectivity index (χ0v) is 55.2. The maximum atomic E-state index is 7.19. The number of rotatable bonds is 6. The minimum atomic E-state index is -0.831. The van der Waals surface area contributed by atoms with Crippen LogP contribution in [-0.2, 0) is 53.6 Å². The molecule has 4 heterocycles. The Balaban J connectivity index is 0.00000700. The van der Waals surface area contributed by atoms with E-state index in [4.69, 9.17) is 9.72 Å². The largest absolute Gasteiger partial charge is 0.510 e. The predicted molar refractivity (Wildman–Crippen MR) is 355 cm³/mol. The van der Waals surface area contributed by atoms with E-state index < -0.39 is 5.41 Å².